The van der Waals surface area contributed by atoms with Gasteiger partial charge in [-0.05, 0) is 52.1 Å². The molecule has 3 nitrogen and oxygen atoms in total. The smallest absolute Gasteiger partial charge is 0.119 e. The minimum Gasteiger partial charge on any atom is -0.497 e. The molecule has 1 atom stereocenters. The average molecular weight is 236 g/mol. The van der Waals surface area contributed by atoms with Crippen molar-refractivity contribution in [2.24, 2.45) is 5.73 Å². The number of methoxy groups -OCH3 is 1. The summed E-state index contributed by atoms with van der Waals surface area (Å²) in [5.41, 5.74) is 7.48. The molecule has 0 aromatic heterocycles. The molecule has 0 saturated heterocycles. The van der Waals surface area contributed by atoms with Crippen LogP contribution in [0.1, 0.15) is 19.4 Å². The van der Waals surface area contributed by atoms with Gasteiger partial charge in [-0.2, -0.15) is 0 Å². The first-order chi connectivity index (χ1) is 7.87. The van der Waals surface area contributed by atoms with E-state index >= 15 is 0 Å². The maximum atomic E-state index is 6.29. The maximum absolute atomic E-state index is 6.29. The van der Waals surface area contributed by atoms with Crippen molar-refractivity contribution < 1.29 is 4.74 Å². The fourth-order valence-electron chi connectivity index (χ4n) is 1.63. The lowest BCUT2D eigenvalue weighted by atomic mass is 9.89. The summed E-state index contributed by atoms with van der Waals surface area (Å²) >= 11 is 0. The summed E-state index contributed by atoms with van der Waals surface area (Å²) in [5, 5.41) is 0. The molecule has 0 saturated carbocycles. The van der Waals surface area contributed by atoms with Crippen LogP contribution in [0.2, 0.25) is 0 Å². The summed E-state index contributed by atoms with van der Waals surface area (Å²) in [6.45, 7) is 4.33. The van der Waals surface area contributed by atoms with E-state index < -0.39 is 0 Å². The van der Waals surface area contributed by atoms with Gasteiger partial charge in [0.2, 0.25) is 0 Å². The van der Waals surface area contributed by atoms with Crippen molar-refractivity contribution in [2.75, 3.05) is 21.2 Å². The largest absolute Gasteiger partial charge is 0.497 e. The van der Waals surface area contributed by atoms with E-state index in [0.717, 1.165) is 12.2 Å². The number of benzene rings is 1. The summed E-state index contributed by atoms with van der Waals surface area (Å²) in [6.07, 6.45) is 0.850. The van der Waals surface area contributed by atoms with E-state index in [0.29, 0.717) is 0 Å². The van der Waals surface area contributed by atoms with Crippen molar-refractivity contribution in [3.05, 3.63) is 29.8 Å². The van der Waals surface area contributed by atoms with E-state index in [1.165, 1.54) is 5.56 Å². The van der Waals surface area contributed by atoms with E-state index in [2.05, 4.69) is 38.9 Å². The summed E-state index contributed by atoms with van der Waals surface area (Å²) in [6, 6.07) is 8.18. The first-order valence-electron chi connectivity index (χ1n) is 5.94. The van der Waals surface area contributed by atoms with Crippen LogP contribution in [-0.2, 0) is 6.42 Å². The summed E-state index contributed by atoms with van der Waals surface area (Å²) in [4.78, 5) is 2.16. The number of hydrogen-bond donors (Lipinski definition) is 1. The zero-order chi connectivity index (χ0) is 13.1. The van der Waals surface area contributed by atoms with Gasteiger partial charge in [0.15, 0.2) is 0 Å². The Morgan fingerprint density at radius 3 is 2.53 bits per heavy atom. The van der Waals surface area contributed by atoms with E-state index in [-0.39, 0.29) is 11.6 Å². The van der Waals surface area contributed by atoms with Crippen LogP contribution in [0, 0.1) is 0 Å². The number of rotatable bonds is 5. The van der Waals surface area contributed by atoms with Gasteiger partial charge in [0.25, 0.3) is 0 Å². The standard InChI is InChI=1S/C14H24N2O/c1-14(2,16(3)4)13(15)10-11-7-6-8-12(9-11)17-5/h6-9,13H,10,15H2,1-5H3. The van der Waals surface area contributed by atoms with Crippen LogP contribution < -0.4 is 10.5 Å². The minimum atomic E-state index is -0.0247. The van der Waals surface area contributed by atoms with E-state index in [1.54, 1.807) is 7.11 Å². The van der Waals surface area contributed by atoms with Crippen molar-refractivity contribution in [3.63, 3.8) is 0 Å². The molecule has 0 heterocycles. The first kappa shape index (κ1) is 14.0. The Kier molecular flexibility index (Phi) is 4.54. The third-order valence-electron chi connectivity index (χ3n) is 3.65. The molecule has 0 aliphatic carbocycles. The molecule has 2 N–H and O–H groups in total. The van der Waals surface area contributed by atoms with E-state index in [4.69, 9.17) is 10.5 Å². The fourth-order valence-corrected chi connectivity index (χ4v) is 1.63. The molecule has 0 fully saturated rings. The molecular formula is C14H24N2O. The van der Waals surface area contributed by atoms with E-state index in [1.807, 2.05) is 18.2 Å². The number of nitrogens with zero attached hydrogens (tertiary/aromatic N) is 1. The molecule has 0 spiro atoms. The lowest BCUT2D eigenvalue weighted by Crippen LogP contribution is -2.54. The van der Waals surface area contributed by atoms with Crippen LogP contribution in [0.3, 0.4) is 0 Å². The molecule has 96 valence electrons. The Morgan fingerprint density at radius 2 is 2.00 bits per heavy atom. The predicted octanol–water partition coefficient (Wildman–Crippen LogP) is 1.91. The van der Waals surface area contributed by atoms with Crippen LogP contribution in [0.25, 0.3) is 0 Å². The molecular weight excluding hydrogens is 212 g/mol. The van der Waals surface area contributed by atoms with Gasteiger partial charge in [-0.25, -0.2) is 0 Å². The molecule has 1 rings (SSSR count). The van der Waals surface area contributed by atoms with Crippen LogP contribution in [0.15, 0.2) is 24.3 Å². The van der Waals surface area contributed by atoms with Gasteiger partial charge in [-0.3, -0.25) is 0 Å². The van der Waals surface area contributed by atoms with Crippen molar-refractivity contribution >= 4 is 0 Å². The lowest BCUT2D eigenvalue weighted by molar-refractivity contribution is 0.158. The Labute approximate surface area is 105 Å². The highest BCUT2D eigenvalue weighted by Crippen LogP contribution is 2.20. The zero-order valence-corrected chi connectivity index (χ0v) is 11.5. The summed E-state index contributed by atoms with van der Waals surface area (Å²) in [7, 11) is 5.81. The molecule has 0 amide bonds. The Balaban J connectivity index is 2.77. The topological polar surface area (TPSA) is 38.5 Å². The van der Waals surface area contributed by atoms with Gasteiger partial charge >= 0.3 is 0 Å². The van der Waals surface area contributed by atoms with Crippen LogP contribution >= 0.6 is 0 Å². The molecule has 0 bridgehead atoms. The molecule has 0 aliphatic heterocycles. The second kappa shape index (κ2) is 5.52. The number of ether oxygens (including phenoxy) is 1. The Bertz CT molecular complexity index is 361. The van der Waals surface area contributed by atoms with Gasteiger partial charge in [0.05, 0.1) is 7.11 Å². The van der Waals surface area contributed by atoms with Gasteiger partial charge in [-0.15, -0.1) is 0 Å². The van der Waals surface area contributed by atoms with Gasteiger partial charge in [0.1, 0.15) is 5.75 Å². The molecule has 3 heteroatoms. The monoisotopic (exact) mass is 236 g/mol. The number of hydrogen-bond acceptors (Lipinski definition) is 3. The van der Waals surface area contributed by atoms with Crippen LogP contribution in [0.5, 0.6) is 5.75 Å². The van der Waals surface area contributed by atoms with Crippen molar-refractivity contribution in [2.45, 2.75) is 31.8 Å². The lowest BCUT2D eigenvalue weighted by Gasteiger charge is -2.38. The van der Waals surface area contributed by atoms with Crippen LogP contribution in [-0.4, -0.2) is 37.7 Å². The molecule has 1 unspecified atom stereocenters. The normalized spacial score (nSPS) is 13.8. The zero-order valence-electron chi connectivity index (χ0n) is 11.5. The van der Waals surface area contributed by atoms with Gasteiger partial charge in [-0.1, -0.05) is 12.1 Å². The molecule has 0 radical (unpaired) electrons. The SMILES string of the molecule is COc1cccc(CC(N)C(C)(C)N(C)C)c1. The van der Waals surface area contributed by atoms with Crippen molar-refractivity contribution in [3.8, 4) is 5.75 Å². The molecule has 1 aromatic rings. The summed E-state index contributed by atoms with van der Waals surface area (Å²) < 4.78 is 5.22. The van der Waals surface area contributed by atoms with Crippen LogP contribution in [0.4, 0.5) is 0 Å². The third-order valence-corrected chi connectivity index (χ3v) is 3.65. The highest BCUT2D eigenvalue weighted by Gasteiger charge is 2.28. The van der Waals surface area contributed by atoms with Crippen molar-refractivity contribution in [1.82, 2.24) is 4.90 Å². The molecule has 17 heavy (non-hydrogen) atoms. The number of likely N-dealkylation sites (N-methyl/N-ethyl adjacent to an activating group) is 1. The maximum Gasteiger partial charge on any atom is 0.119 e. The first-order valence-corrected chi connectivity index (χ1v) is 5.94. The summed E-state index contributed by atoms with van der Waals surface area (Å²) in [5.74, 6) is 0.886. The van der Waals surface area contributed by atoms with E-state index in [9.17, 15) is 0 Å². The Morgan fingerprint density at radius 1 is 1.35 bits per heavy atom. The number of nitrogens with two attached hydrogens (primary N) is 1. The quantitative estimate of drug-likeness (QED) is 0.848. The molecule has 1 aromatic carbocycles. The molecule has 0 aliphatic rings. The fraction of sp³-hybridized carbons (Fsp3) is 0.571. The highest BCUT2D eigenvalue weighted by molar-refractivity contribution is 5.29. The van der Waals surface area contributed by atoms with Gasteiger partial charge in [0, 0.05) is 11.6 Å². The highest BCUT2D eigenvalue weighted by atomic mass is 16.5. The van der Waals surface area contributed by atoms with Crippen molar-refractivity contribution in [1.29, 1.82) is 0 Å². The predicted molar refractivity (Wildman–Crippen MR) is 72.4 cm³/mol. The van der Waals surface area contributed by atoms with Gasteiger partial charge < -0.3 is 15.4 Å². The second-order valence-electron chi connectivity index (χ2n) is 5.21. The minimum absolute atomic E-state index is 0.0247. The Hall–Kier alpha value is -1.06. The average Bonchev–Trinajstić information content (AvgIpc) is 2.29. The second-order valence-corrected chi connectivity index (χ2v) is 5.21. The third kappa shape index (κ3) is 3.45.